The van der Waals surface area contributed by atoms with Crippen LogP contribution in [0.25, 0.3) is 11.0 Å². The van der Waals surface area contributed by atoms with Gasteiger partial charge in [-0.1, -0.05) is 18.2 Å². The van der Waals surface area contributed by atoms with Crippen molar-refractivity contribution in [3.8, 4) is 11.5 Å². The summed E-state index contributed by atoms with van der Waals surface area (Å²) in [5, 5.41) is 3.36. The molecule has 1 saturated heterocycles. The molecule has 1 aromatic heterocycles. The number of esters is 3. The van der Waals surface area contributed by atoms with Gasteiger partial charge in [0.05, 0.1) is 24.2 Å². The van der Waals surface area contributed by atoms with Gasteiger partial charge in [-0.2, -0.15) is 0 Å². The monoisotopic (exact) mass is 617 g/mol. The number of anilines is 1. The summed E-state index contributed by atoms with van der Waals surface area (Å²) in [6.07, 6.45) is -3.29. The molecule has 43 heavy (non-hydrogen) atoms. The topological polar surface area (TPSA) is 136 Å². The predicted octanol–water partition coefficient (Wildman–Crippen LogP) is 4.38. The van der Waals surface area contributed by atoms with Gasteiger partial charge in [0.15, 0.2) is 29.9 Å². The molecule has 1 fully saturated rings. The van der Waals surface area contributed by atoms with Gasteiger partial charge in [-0.25, -0.2) is 4.98 Å². The summed E-state index contributed by atoms with van der Waals surface area (Å²) in [6, 6.07) is 13.0. The van der Waals surface area contributed by atoms with Crippen LogP contribution in [0.3, 0.4) is 0 Å². The van der Waals surface area contributed by atoms with E-state index in [0.29, 0.717) is 60.5 Å². The number of hydrogen-bond donors (Lipinski definition) is 1. The fourth-order valence-electron chi connectivity index (χ4n) is 4.80. The maximum Gasteiger partial charge on any atom is 0.303 e. The van der Waals surface area contributed by atoms with Crippen molar-refractivity contribution in [1.82, 2.24) is 9.55 Å². The van der Waals surface area contributed by atoms with E-state index in [4.69, 9.17) is 45.0 Å². The highest BCUT2D eigenvalue weighted by Crippen LogP contribution is 2.39. The summed E-state index contributed by atoms with van der Waals surface area (Å²) >= 11 is 5.82. The highest BCUT2D eigenvalue weighted by molar-refractivity contribution is 6.17. The minimum absolute atomic E-state index is 0.213. The average Bonchev–Trinajstić information content (AvgIpc) is 3.48. The number of carbonyl (C=O) groups excluding carboxylic acids is 3. The lowest BCUT2D eigenvalue weighted by Gasteiger charge is -2.25. The molecule has 4 rings (SSSR count). The minimum atomic E-state index is -1.06. The third-order valence-electron chi connectivity index (χ3n) is 6.48. The molecule has 0 amide bonds. The van der Waals surface area contributed by atoms with Crippen molar-refractivity contribution in [2.45, 2.75) is 65.2 Å². The van der Waals surface area contributed by atoms with Crippen LogP contribution in [0.2, 0.25) is 0 Å². The number of para-hydroxylation sites is 2. The average molecular weight is 618 g/mol. The molecule has 1 aliphatic heterocycles. The lowest BCUT2D eigenvalue weighted by Crippen LogP contribution is -2.40. The molecule has 4 atom stereocenters. The molecule has 0 saturated carbocycles. The summed E-state index contributed by atoms with van der Waals surface area (Å²) in [7, 11) is 0. The number of carbonyl (C=O) groups is 3. The minimum Gasteiger partial charge on any atom is -0.490 e. The first kappa shape index (κ1) is 31.9. The zero-order chi connectivity index (χ0) is 30.9. The van der Waals surface area contributed by atoms with Gasteiger partial charge in [-0.05, 0) is 43.2 Å². The second kappa shape index (κ2) is 14.9. The lowest BCUT2D eigenvalue weighted by molar-refractivity contribution is -0.166. The van der Waals surface area contributed by atoms with Crippen LogP contribution in [-0.2, 0) is 39.9 Å². The third kappa shape index (κ3) is 8.08. The number of benzene rings is 2. The van der Waals surface area contributed by atoms with Crippen molar-refractivity contribution in [1.29, 1.82) is 0 Å². The van der Waals surface area contributed by atoms with Crippen molar-refractivity contribution in [3.05, 3.63) is 48.0 Å². The van der Waals surface area contributed by atoms with E-state index in [1.54, 1.807) is 4.57 Å². The highest BCUT2D eigenvalue weighted by Gasteiger charge is 2.51. The Morgan fingerprint density at radius 2 is 1.72 bits per heavy atom. The summed E-state index contributed by atoms with van der Waals surface area (Å²) in [6.45, 7) is 6.73. The molecule has 1 N–H and O–H groups in total. The van der Waals surface area contributed by atoms with Crippen LogP contribution in [-0.4, -0.2) is 71.5 Å². The fourth-order valence-corrected chi connectivity index (χ4v) is 4.90. The van der Waals surface area contributed by atoms with Crippen LogP contribution in [0.5, 0.6) is 11.5 Å². The first-order valence-electron chi connectivity index (χ1n) is 14.0. The number of nitrogens with one attached hydrogen (secondary N) is 1. The van der Waals surface area contributed by atoms with Gasteiger partial charge < -0.3 is 33.7 Å². The number of nitrogens with zero attached hydrogens (tertiary/aromatic N) is 2. The number of hydrogen-bond acceptors (Lipinski definition) is 11. The lowest BCUT2D eigenvalue weighted by atomic mass is 10.1. The van der Waals surface area contributed by atoms with E-state index in [1.165, 1.54) is 20.8 Å². The van der Waals surface area contributed by atoms with Gasteiger partial charge >= 0.3 is 17.9 Å². The highest BCUT2D eigenvalue weighted by atomic mass is 35.5. The van der Waals surface area contributed by atoms with Crippen molar-refractivity contribution < 1.29 is 42.8 Å². The van der Waals surface area contributed by atoms with Crippen molar-refractivity contribution in [2.75, 3.05) is 31.0 Å². The Morgan fingerprint density at radius 3 is 2.42 bits per heavy atom. The van der Waals surface area contributed by atoms with Gasteiger partial charge in [0.25, 0.3) is 0 Å². The molecule has 0 bridgehead atoms. The van der Waals surface area contributed by atoms with E-state index in [1.807, 2.05) is 49.4 Å². The van der Waals surface area contributed by atoms with Gasteiger partial charge in [0, 0.05) is 33.2 Å². The molecular weight excluding hydrogens is 582 g/mol. The Kier molecular flexibility index (Phi) is 11.1. The van der Waals surface area contributed by atoms with Gasteiger partial charge in [-0.3, -0.25) is 19.0 Å². The maximum absolute atomic E-state index is 12.2. The summed E-state index contributed by atoms with van der Waals surface area (Å²) in [4.78, 5) is 40.6. The fraction of sp³-hybridized carbons (Fsp3) is 0.467. The first-order chi connectivity index (χ1) is 20.7. The quantitative estimate of drug-likeness (QED) is 0.119. The number of alkyl halides is 1. The molecule has 2 heterocycles. The Bertz CT molecular complexity index is 1430. The number of rotatable bonds is 14. The number of fused-ring (bicyclic) bond motifs is 1. The van der Waals surface area contributed by atoms with E-state index < -0.39 is 42.4 Å². The Balaban J connectivity index is 1.69. The summed E-state index contributed by atoms with van der Waals surface area (Å²) in [5.41, 5.74) is 2.22. The number of ether oxygens (including phenoxy) is 6. The number of imidazole rings is 1. The van der Waals surface area contributed by atoms with E-state index in [0.717, 1.165) is 5.56 Å². The zero-order valence-electron chi connectivity index (χ0n) is 24.5. The predicted molar refractivity (Wildman–Crippen MR) is 157 cm³/mol. The van der Waals surface area contributed by atoms with Crippen LogP contribution < -0.4 is 14.8 Å². The second-order valence-electron chi connectivity index (χ2n) is 9.77. The van der Waals surface area contributed by atoms with Crippen LogP contribution in [0.4, 0.5) is 5.95 Å². The largest absolute Gasteiger partial charge is 0.490 e. The van der Waals surface area contributed by atoms with Crippen LogP contribution in [0.1, 0.15) is 45.9 Å². The summed E-state index contributed by atoms with van der Waals surface area (Å²) in [5.74, 6) is 0.398. The van der Waals surface area contributed by atoms with Crippen LogP contribution in [0, 0.1) is 0 Å². The van der Waals surface area contributed by atoms with Gasteiger partial charge in [0.1, 0.15) is 12.7 Å². The molecule has 1 aliphatic rings. The van der Waals surface area contributed by atoms with Crippen molar-refractivity contribution in [3.63, 3.8) is 0 Å². The normalized spacial score (nSPS) is 19.6. The van der Waals surface area contributed by atoms with Gasteiger partial charge in [0.2, 0.25) is 5.95 Å². The Hall–Kier alpha value is -4.03. The Labute approximate surface area is 254 Å². The van der Waals surface area contributed by atoms with Crippen molar-refractivity contribution >= 4 is 46.5 Å². The van der Waals surface area contributed by atoms with E-state index >= 15 is 0 Å². The second-order valence-corrected chi connectivity index (χ2v) is 10.1. The molecule has 13 heteroatoms. The standard InChI is InChI=1S/C30H36ClN3O9/c1-5-38-24-12-11-21(15-25(24)39-14-8-13-31)16-32-30-33-22-9-6-7-10-23(22)34(30)29-28(42-20(4)37)27(41-19(3)36)26(43-29)17-40-18(2)35/h6-7,9-12,15,26-29H,5,8,13-14,16-17H2,1-4H3,(H,32,33)/t26-,27-,28-,29-/m1/s1. The number of halogens is 1. The third-order valence-corrected chi connectivity index (χ3v) is 6.75. The van der Waals surface area contributed by atoms with Crippen LogP contribution in [0.15, 0.2) is 42.5 Å². The molecule has 0 unspecified atom stereocenters. The summed E-state index contributed by atoms with van der Waals surface area (Å²) < 4.78 is 36.1. The molecule has 12 nitrogen and oxygen atoms in total. The SMILES string of the molecule is CCOc1ccc(CNc2nc3ccccc3n2[C@@H]2O[C@H](COC(C)=O)[C@@H](OC(C)=O)[C@H]2OC(C)=O)cc1OCCCCl. The van der Waals surface area contributed by atoms with Gasteiger partial charge in [-0.15, -0.1) is 11.6 Å². The first-order valence-corrected chi connectivity index (χ1v) is 14.5. The van der Waals surface area contributed by atoms with Crippen LogP contribution >= 0.6 is 11.6 Å². The van der Waals surface area contributed by atoms with E-state index in [2.05, 4.69) is 5.32 Å². The zero-order valence-corrected chi connectivity index (χ0v) is 25.3. The molecule has 2 aromatic carbocycles. The molecule has 0 aliphatic carbocycles. The van der Waals surface area contributed by atoms with E-state index in [-0.39, 0.29) is 6.61 Å². The molecule has 0 spiro atoms. The molecule has 0 radical (unpaired) electrons. The molecule has 232 valence electrons. The van der Waals surface area contributed by atoms with Crippen molar-refractivity contribution in [2.24, 2.45) is 0 Å². The molecule has 3 aromatic rings. The molecular formula is C30H36ClN3O9. The number of aromatic nitrogens is 2. The van der Waals surface area contributed by atoms with E-state index in [9.17, 15) is 14.4 Å². The Morgan fingerprint density at radius 1 is 0.977 bits per heavy atom. The smallest absolute Gasteiger partial charge is 0.303 e. The maximum atomic E-state index is 12.2.